The smallest absolute Gasteiger partial charge is 0.0765 e. The van der Waals surface area contributed by atoms with Crippen molar-refractivity contribution in [2.24, 2.45) is 11.7 Å². The van der Waals surface area contributed by atoms with Crippen LogP contribution >= 0.6 is 0 Å². The van der Waals surface area contributed by atoms with Crippen LogP contribution in [0, 0.1) is 5.92 Å². The van der Waals surface area contributed by atoms with Crippen LogP contribution in [0.4, 0.5) is 0 Å². The summed E-state index contributed by atoms with van der Waals surface area (Å²) in [7, 11) is 0. The zero-order chi connectivity index (χ0) is 12.6. The summed E-state index contributed by atoms with van der Waals surface area (Å²) >= 11 is 0. The summed E-state index contributed by atoms with van der Waals surface area (Å²) in [5.41, 5.74) is 4.60. The highest BCUT2D eigenvalue weighted by Gasteiger charge is 2.21. The van der Waals surface area contributed by atoms with Crippen molar-refractivity contribution < 1.29 is 14.6 Å². The zero-order valence-corrected chi connectivity index (χ0v) is 11.0. The topological polar surface area (TPSA) is 64.7 Å². The van der Waals surface area contributed by atoms with Gasteiger partial charge in [0.1, 0.15) is 0 Å². The van der Waals surface area contributed by atoms with Gasteiger partial charge in [0.15, 0.2) is 0 Å². The highest BCUT2D eigenvalue weighted by Crippen LogP contribution is 2.12. The van der Waals surface area contributed by atoms with E-state index in [0.29, 0.717) is 25.6 Å². The highest BCUT2D eigenvalue weighted by molar-refractivity contribution is 4.76. The summed E-state index contributed by atoms with van der Waals surface area (Å²) < 4.78 is 10.9. The van der Waals surface area contributed by atoms with Gasteiger partial charge in [0.05, 0.1) is 24.9 Å². The molecule has 0 aromatic rings. The molecule has 0 aliphatic rings. The first kappa shape index (κ1) is 15.8. The van der Waals surface area contributed by atoms with Crippen molar-refractivity contribution in [1.82, 2.24) is 0 Å². The Hall–Kier alpha value is -0.160. The van der Waals surface area contributed by atoms with E-state index in [0.717, 1.165) is 6.61 Å². The Balaban J connectivity index is 3.47. The molecule has 0 heterocycles. The van der Waals surface area contributed by atoms with Crippen LogP contribution in [0.3, 0.4) is 0 Å². The molecule has 4 heteroatoms. The molecule has 0 saturated carbocycles. The van der Waals surface area contributed by atoms with Gasteiger partial charge < -0.3 is 20.3 Å². The van der Waals surface area contributed by atoms with E-state index in [-0.39, 0.29) is 12.6 Å². The van der Waals surface area contributed by atoms with Crippen LogP contribution < -0.4 is 5.73 Å². The minimum absolute atomic E-state index is 0.00111. The van der Waals surface area contributed by atoms with Gasteiger partial charge in [-0.3, -0.25) is 0 Å². The van der Waals surface area contributed by atoms with E-state index in [4.69, 9.17) is 15.2 Å². The standard InChI is InChI=1S/C12H27NO3/c1-10(2)8-15-5-6-16-11(3)7-12(4,14)9-13/h10-11,14H,5-9,13H2,1-4H3. The first-order chi connectivity index (χ1) is 7.37. The average molecular weight is 233 g/mol. The maximum absolute atomic E-state index is 9.73. The Labute approximate surface area is 99.1 Å². The molecule has 16 heavy (non-hydrogen) atoms. The van der Waals surface area contributed by atoms with Crippen LogP contribution in [-0.4, -0.2) is 43.2 Å². The zero-order valence-electron chi connectivity index (χ0n) is 11.0. The van der Waals surface area contributed by atoms with Crippen molar-refractivity contribution in [3.63, 3.8) is 0 Å². The Bertz CT molecular complexity index is 172. The van der Waals surface area contributed by atoms with Crippen molar-refractivity contribution in [3.05, 3.63) is 0 Å². The molecule has 0 aliphatic heterocycles. The lowest BCUT2D eigenvalue weighted by atomic mass is 10.00. The molecule has 4 nitrogen and oxygen atoms in total. The Kier molecular flexibility index (Phi) is 7.93. The maximum atomic E-state index is 9.73. The minimum Gasteiger partial charge on any atom is -0.389 e. The summed E-state index contributed by atoms with van der Waals surface area (Å²) in [6.07, 6.45) is 0.550. The summed E-state index contributed by atoms with van der Waals surface area (Å²) in [4.78, 5) is 0. The first-order valence-electron chi connectivity index (χ1n) is 5.99. The van der Waals surface area contributed by atoms with Gasteiger partial charge in [0.2, 0.25) is 0 Å². The van der Waals surface area contributed by atoms with Gasteiger partial charge in [-0.05, 0) is 19.8 Å². The van der Waals surface area contributed by atoms with Gasteiger partial charge in [-0.2, -0.15) is 0 Å². The molecule has 0 bridgehead atoms. The molecule has 0 saturated heterocycles. The molecule has 0 spiro atoms. The molecule has 0 radical (unpaired) electrons. The lowest BCUT2D eigenvalue weighted by Crippen LogP contribution is -2.38. The van der Waals surface area contributed by atoms with E-state index in [1.54, 1.807) is 6.92 Å². The Morgan fingerprint density at radius 2 is 1.88 bits per heavy atom. The number of hydrogen-bond donors (Lipinski definition) is 2. The summed E-state index contributed by atoms with van der Waals surface area (Å²) in [6, 6.07) is 0. The predicted octanol–water partition coefficient (Wildman–Crippen LogP) is 1.16. The molecule has 2 atom stereocenters. The van der Waals surface area contributed by atoms with Gasteiger partial charge in [-0.1, -0.05) is 13.8 Å². The first-order valence-corrected chi connectivity index (χ1v) is 5.99. The molecule has 0 aromatic heterocycles. The second kappa shape index (κ2) is 8.01. The second-order valence-electron chi connectivity index (χ2n) is 5.06. The fourth-order valence-corrected chi connectivity index (χ4v) is 1.39. The van der Waals surface area contributed by atoms with Crippen LogP contribution in [0.15, 0.2) is 0 Å². The van der Waals surface area contributed by atoms with Crippen LogP contribution in [0.2, 0.25) is 0 Å². The van der Waals surface area contributed by atoms with Crippen molar-refractivity contribution >= 4 is 0 Å². The van der Waals surface area contributed by atoms with E-state index in [2.05, 4.69) is 13.8 Å². The van der Waals surface area contributed by atoms with E-state index in [1.165, 1.54) is 0 Å². The normalized spacial score (nSPS) is 17.4. The minimum atomic E-state index is -0.835. The quantitative estimate of drug-likeness (QED) is 0.587. The molecule has 0 amide bonds. The Morgan fingerprint density at radius 1 is 1.25 bits per heavy atom. The number of hydrogen-bond acceptors (Lipinski definition) is 4. The number of ether oxygens (including phenoxy) is 2. The number of aliphatic hydroxyl groups is 1. The monoisotopic (exact) mass is 233 g/mol. The van der Waals surface area contributed by atoms with Crippen molar-refractivity contribution in [2.45, 2.75) is 45.8 Å². The number of nitrogens with two attached hydrogens (primary N) is 1. The van der Waals surface area contributed by atoms with Crippen molar-refractivity contribution in [3.8, 4) is 0 Å². The summed E-state index contributed by atoms with van der Waals surface area (Å²) in [5, 5.41) is 9.73. The van der Waals surface area contributed by atoms with Gasteiger partial charge in [-0.15, -0.1) is 0 Å². The molecule has 98 valence electrons. The van der Waals surface area contributed by atoms with Crippen LogP contribution in [0.5, 0.6) is 0 Å². The molecular formula is C12H27NO3. The number of rotatable bonds is 9. The van der Waals surface area contributed by atoms with E-state index in [9.17, 15) is 5.11 Å². The lowest BCUT2D eigenvalue weighted by molar-refractivity contribution is -0.0370. The molecule has 2 unspecified atom stereocenters. The van der Waals surface area contributed by atoms with Gasteiger partial charge in [-0.25, -0.2) is 0 Å². The molecule has 0 rings (SSSR count). The predicted molar refractivity (Wildman–Crippen MR) is 65.4 cm³/mol. The fraction of sp³-hybridized carbons (Fsp3) is 1.00. The molecular weight excluding hydrogens is 206 g/mol. The van der Waals surface area contributed by atoms with Gasteiger partial charge >= 0.3 is 0 Å². The van der Waals surface area contributed by atoms with Crippen LogP contribution in [0.25, 0.3) is 0 Å². The van der Waals surface area contributed by atoms with E-state index in [1.807, 2.05) is 6.92 Å². The third-order valence-corrected chi connectivity index (χ3v) is 2.25. The SMILES string of the molecule is CC(C)COCCOC(C)CC(C)(O)CN. The van der Waals surface area contributed by atoms with Crippen molar-refractivity contribution in [1.29, 1.82) is 0 Å². The third-order valence-electron chi connectivity index (χ3n) is 2.25. The molecule has 0 aromatic carbocycles. The summed E-state index contributed by atoms with van der Waals surface area (Å²) in [6.45, 7) is 10.1. The molecule has 3 N–H and O–H groups in total. The lowest BCUT2D eigenvalue weighted by Gasteiger charge is -2.25. The highest BCUT2D eigenvalue weighted by atomic mass is 16.5. The average Bonchev–Trinajstić information content (AvgIpc) is 2.16. The molecule has 0 fully saturated rings. The fourth-order valence-electron chi connectivity index (χ4n) is 1.39. The van der Waals surface area contributed by atoms with Crippen molar-refractivity contribution in [2.75, 3.05) is 26.4 Å². The van der Waals surface area contributed by atoms with E-state index >= 15 is 0 Å². The third kappa shape index (κ3) is 9.09. The Morgan fingerprint density at radius 3 is 2.38 bits per heavy atom. The van der Waals surface area contributed by atoms with Gasteiger partial charge in [0, 0.05) is 19.6 Å². The maximum Gasteiger partial charge on any atom is 0.0765 e. The van der Waals surface area contributed by atoms with Gasteiger partial charge in [0.25, 0.3) is 0 Å². The second-order valence-corrected chi connectivity index (χ2v) is 5.06. The molecule has 0 aliphatic carbocycles. The van der Waals surface area contributed by atoms with E-state index < -0.39 is 5.60 Å². The summed E-state index contributed by atoms with van der Waals surface area (Å²) in [5.74, 6) is 0.551. The van der Waals surface area contributed by atoms with Crippen LogP contribution in [0.1, 0.15) is 34.1 Å². The van der Waals surface area contributed by atoms with Crippen LogP contribution in [-0.2, 0) is 9.47 Å². The largest absolute Gasteiger partial charge is 0.389 e.